The van der Waals surface area contributed by atoms with Crippen molar-refractivity contribution in [3.8, 4) is 0 Å². The predicted octanol–water partition coefficient (Wildman–Crippen LogP) is 6.02. The third kappa shape index (κ3) is 5.38. The molecule has 0 aliphatic rings. The molecule has 0 saturated carbocycles. The molecular formula is C27H26NS+. The van der Waals surface area contributed by atoms with E-state index in [1.165, 1.54) is 21.6 Å². The van der Waals surface area contributed by atoms with Gasteiger partial charge in [-0.2, -0.15) is 0 Å². The van der Waals surface area contributed by atoms with Crippen LogP contribution in [0.4, 0.5) is 0 Å². The van der Waals surface area contributed by atoms with Crippen LogP contribution in [0.2, 0.25) is 0 Å². The summed E-state index contributed by atoms with van der Waals surface area (Å²) in [5.74, 6) is 0. The van der Waals surface area contributed by atoms with Gasteiger partial charge in [-0.25, -0.2) is 0 Å². The topological polar surface area (TPSA) is 16.6 Å². The van der Waals surface area contributed by atoms with Crippen molar-refractivity contribution in [2.24, 2.45) is 0 Å². The number of hydrogen-bond donors (Lipinski definition) is 1. The van der Waals surface area contributed by atoms with Gasteiger partial charge in [0.2, 0.25) is 0 Å². The van der Waals surface area contributed by atoms with E-state index in [9.17, 15) is 0 Å². The minimum absolute atomic E-state index is 0.309. The Labute approximate surface area is 177 Å². The normalized spacial score (nSPS) is 13.0. The van der Waals surface area contributed by atoms with Gasteiger partial charge >= 0.3 is 0 Å². The molecule has 0 spiro atoms. The van der Waals surface area contributed by atoms with E-state index in [0.717, 1.165) is 6.54 Å². The van der Waals surface area contributed by atoms with E-state index >= 15 is 0 Å². The van der Waals surface area contributed by atoms with Crippen molar-refractivity contribution in [3.05, 3.63) is 138 Å². The van der Waals surface area contributed by atoms with Gasteiger partial charge in [0, 0.05) is 16.0 Å². The molecule has 29 heavy (non-hydrogen) atoms. The summed E-state index contributed by atoms with van der Waals surface area (Å²) in [5.41, 5.74) is 4.07. The first kappa shape index (κ1) is 19.5. The fourth-order valence-electron chi connectivity index (χ4n) is 3.62. The molecule has 0 aromatic heterocycles. The average Bonchev–Trinajstić information content (AvgIpc) is 2.81. The van der Waals surface area contributed by atoms with Crippen LogP contribution in [-0.4, -0.2) is 0 Å². The number of thioether (sulfide) groups is 1. The zero-order chi connectivity index (χ0) is 19.7. The first-order valence-corrected chi connectivity index (χ1v) is 11.0. The van der Waals surface area contributed by atoms with Crippen molar-refractivity contribution in [3.63, 3.8) is 0 Å². The standard InChI is InChI=1S/C27H25NS/c1-5-13-22(14-6-1)21-28-26(23-15-7-2-8-16-23)27(24-17-9-3-10-18-24)29-25-19-11-4-12-20-25/h1-20,26-28H,21H2/p+1/t26-,27+/m0/s1. The second-order valence-corrected chi connectivity index (χ2v) is 8.34. The van der Waals surface area contributed by atoms with Crippen molar-refractivity contribution in [2.45, 2.75) is 22.7 Å². The average molecular weight is 397 g/mol. The minimum Gasteiger partial charge on any atom is -0.335 e. The van der Waals surface area contributed by atoms with E-state index in [2.05, 4.69) is 127 Å². The lowest BCUT2D eigenvalue weighted by molar-refractivity contribution is -0.711. The Morgan fingerprint density at radius 3 is 1.62 bits per heavy atom. The third-order valence-electron chi connectivity index (χ3n) is 5.10. The van der Waals surface area contributed by atoms with E-state index in [4.69, 9.17) is 0 Å². The molecule has 0 aliphatic carbocycles. The van der Waals surface area contributed by atoms with Crippen LogP contribution in [0.25, 0.3) is 0 Å². The van der Waals surface area contributed by atoms with Crippen molar-refractivity contribution in [2.75, 3.05) is 0 Å². The van der Waals surface area contributed by atoms with E-state index in [1.807, 2.05) is 11.8 Å². The molecule has 2 atom stereocenters. The van der Waals surface area contributed by atoms with Gasteiger partial charge in [0.25, 0.3) is 0 Å². The van der Waals surface area contributed by atoms with Gasteiger partial charge in [-0.1, -0.05) is 109 Å². The van der Waals surface area contributed by atoms with Gasteiger partial charge in [0.15, 0.2) is 0 Å². The highest BCUT2D eigenvalue weighted by atomic mass is 32.2. The minimum atomic E-state index is 0.309. The molecule has 0 amide bonds. The van der Waals surface area contributed by atoms with E-state index in [0.29, 0.717) is 11.3 Å². The zero-order valence-corrected chi connectivity index (χ0v) is 17.2. The van der Waals surface area contributed by atoms with E-state index in [-0.39, 0.29) is 0 Å². The maximum Gasteiger partial charge on any atom is 0.128 e. The van der Waals surface area contributed by atoms with Crippen LogP contribution < -0.4 is 5.32 Å². The Hall–Kier alpha value is -2.81. The second-order valence-electron chi connectivity index (χ2n) is 7.12. The lowest BCUT2D eigenvalue weighted by atomic mass is 9.98. The number of nitrogens with two attached hydrogens (primary N) is 1. The maximum absolute atomic E-state index is 2.48. The highest BCUT2D eigenvalue weighted by Gasteiger charge is 2.29. The molecule has 0 heterocycles. The van der Waals surface area contributed by atoms with Gasteiger partial charge in [-0.15, -0.1) is 11.8 Å². The van der Waals surface area contributed by atoms with Crippen LogP contribution in [0.5, 0.6) is 0 Å². The Kier molecular flexibility index (Phi) is 6.80. The second kappa shape index (κ2) is 10.1. The summed E-state index contributed by atoms with van der Waals surface area (Å²) in [6, 6.07) is 43.6. The summed E-state index contributed by atoms with van der Waals surface area (Å²) in [6.45, 7) is 0.957. The molecule has 0 unspecified atom stereocenters. The van der Waals surface area contributed by atoms with Crippen LogP contribution in [-0.2, 0) is 6.54 Å². The first-order chi connectivity index (χ1) is 14.4. The zero-order valence-electron chi connectivity index (χ0n) is 16.4. The first-order valence-electron chi connectivity index (χ1n) is 10.1. The van der Waals surface area contributed by atoms with E-state index in [1.54, 1.807) is 0 Å². The van der Waals surface area contributed by atoms with Gasteiger partial charge in [0.1, 0.15) is 12.6 Å². The molecule has 0 radical (unpaired) electrons. The van der Waals surface area contributed by atoms with Crippen molar-refractivity contribution < 1.29 is 5.32 Å². The smallest absolute Gasteiger partial charge is 0.128 e. The molecule has 2 N–H and O–H groups in total. The molecule has 0 aliphatic heterocycles. The van der Waals surface area contributed by atoms with Gasteiger partial charge in [0.05, 0.1) is 5.25 Å². The Balaban J connectivity index is 1.68. The summed E-state index contributed by atoms with van der Waals surface area (Å²) < 4.78 is 0. The molecule has 144 valence electrons. The molecular weight excluding hydrogens is 370 g/mol. The number of hydrogen-bond acceptors (Lipinski definition) is 1. The monoisotopic (exact) mass is 396 g/mol. The largest absolute Gasteiger partial charge is 0.335 e. The Morgan fingerprint density at radius 2 is 1.03 bits per heavy atom. The quantitative estimate of drug-likeness (QED) is 0.360. The third-order valence-corrected chi connectivity index (χ3v) is 6.46. The summed E-state index contributed by atoms with van der Waals surface area (Å²) in [7, 11) is 0. The molecule has 1 nitrogen and oxygen atoms in total. The lowest BCUT2D eigenvalue weighted by Crippen LogP contribution is -2.84. The predicted molar refractivity (Wildman–Crippen MR) is 123 cm³/mol. The highest BCUT2D eigenvalue weighted by molar-refractivity contribution is 7.99. The van der Waals surface area contributed by atoms with Crippen LogP contribution in [0.1, 0.15) is 28.0 Å². The van der Waals surface area contributed by atoms with Crippen molar-refractivity contribution in [1.29, 1.82) is 0 Å². The van der Waals surface area contributed by atoms with Gasteiger partial charge in [-0.05, 0) is 17.7 Å². The van der Waals surface area contributed by atoms with Crippen LogP contribution in [0.15, 0.2) is 126 Å². The van der Waals surface area contributed by atoms with Gasteiger partial charge in [-0.3, -0.25) is 0 Å². The number of benzene rings is 4. The maximum atomic E-state index is 2.48. The molecule has 4 aromatic carbocycles. The SMILES string of the molecule is c1ccc(C[NH2+][C@@H](c2ccccc2)[C@H](Sc2ccccc2)c2ccccc2)cc1. The van der Waals surface area contributed by atoms with Crippen molar-refractivity contribution >= 4 is 11.8 Å². The highest BCUT2D eigenvalue weighted by Crippen LogP contribution is 2.42. The fourth-order valence-corrected chi connectivity index (χ4v) is 4.94. The molecule has 0 saturated heterocycles. The van der Waals surface area contributed by atoms with Crippen LogP contribution in [0, 0.1) is 0 Å². The number of rotatable bonds is 8. The summed E-state index contributed by atoms with van der Waals surface area (Å²) in [4.78, 5) is 1.30. The van der Waals surface area contributed by atoms with Gasteiger partial charge < -0.3 is 5.32 Å². The Morgan fingerprint density at radius 1 is 0.552 bits per heavy atom. The molecule has 4 aromatic rings. The van der Waals surface area contributed by atoms with Crippen LogP contribution in [0.3, 0.4) is 0 Å². The molecule has 0 bridgehead atoms. The Bertz CT molecular complexity index is 972. The summed E-state index contributed by atoms with van der Waals surface area (Å²) >= 11 is 1.95. The summed E-state index contributed by atoms with van der Waals surface area (Å²) in [5, 5.41) is 2.79. The molecule has 4 rings (SSSR count). The molecule has 2 heteroatoms. The molecule has 0 fully saturated rings. The van der Waals surface area contributed by atoms with Crippen LogP contribution >= 0.6 is 11.8 Å². The fraction of sp³-hybridized carbons (Fsp3) is 0.111. The lowest BCUT2D eigenvalue weighted by Gasteiger charge is -2.26. The van der Waals surface area contributed by atoms with Crippen molar-refractivity contribution in [1.82, 2.24) is 0 Å². The van der Waals surface area contributed by atoms with E-state index < -0.39 is 0 Å². The summed E-state index contributed by atoms with van der Waals surface area (Å²) in [6.07, 6.45) is 0. The number of quaternary nitrogens is 1.